The van der Waals surface area contributed by atoms with Gasteiger partial charge in [0.15, 0.2) is 0 Å². The van der Waals surface area contributed by atoms with Gasteiger partial charge in [0, 0.05) is 22.6 Å². The fraction of sp³-hybridized carbons (Fsp3) is 0.182. The fourth-order valence-electron chi connectivity index (χ4n) is 2.96. The second kappa shape index (κ2) is 9.80. The third-order valence-corrected chi connectivity index (χ3v) is 5.52. The fourth-order valence-corrected chi connectivity index (χ4v) is 3.76. The minimum Gasteiger partial charge on any atom is -0.343 e. The number of benzene rings is 2. The van der Waals surface area contributed by atoms with E-state index < -0.39 is 10.8 Å². The number of rotatable bonds is 8. The van der Waals surface area contributed by atoms with Crippen LogP contribution in [0.4, 0.5) is 5.69 Å². The minimum absolute atomic E-state index is 0.127. The average Bonchev–Trinajstić information content (AvgIpc) is 3.30. The van der Waals surface area contributed by atoms with Gasteiger partial charge in [0.05, 0.1) is 17.5 Å². The van der Waals surface area contributed by atoms with Gasteiger partial charge in [0.2, 0.25) is 5.91 Å². The normalized spacial score (nSPS) is 11.5. The molecule has 3 rings (SSSR count). The van der Waals surface area contributed by atoms with Crippen molar-refractivity contribution in [2.75, 3.05) is 6.54 Å². The highest BCUT2D eigenvalue weighted by atomic mass is 32.1. The van der Waals surface area contributed by atoms with Crippen molar-refractivity contribution in [1.29, 1.82) is 0 Å². The molecule has 0 aliphatic heterocycles. The van der Waals surface area contributed by atoms with Crippen LogP contribution in [0.3, 0.4) is 0 Å². The van der Waals surface area contributed by atoms with Gasteiger partial charge in [0.25, 0.3) is 11.6 Å². The quantitative estimate of drug-likeness (QED) is 0.424. The van der Waals surface area contributed by atoms with Crippen LogP contribution >= 0.6 is 11.3 Å². The van der Waals surface area contributed by atoms with Crippen LogP contribution in [0.2, 0.25) is 0 Å². The summed E-state index contributed by atoms with van der Waals surface area (Å²) in [4.78, 5) is 36.1. The lowest BCUT2D eigenvalue weighted by Crippen LogP contribution is -2.38. The third kappa shape index (κ3) is 5.30. The van der Waals surface area contributed by atoms with Gasteiger partial charge in [-0.05, 0) is 35.1 Å². The molecule has 7 nitrogen and oxygen atoms in total. The number of carbonyl (C=O) groups is 2. The molecule has 3 aromatic rings. The summed E-state index contributed by atoms with van der Waals surface area (Å²) >= 11 is 1.54. The Bertz CT molecular complexity index is 1030. The van der Waals surface area contributed by atoms with E-state index in [0.717, 1.165) is 16.9 Å². The predicted molar refractivity (Wildman–Crippen MR) is 116 cm³/mol. The number of nitro benzene ring substituents is 1. The van der Waals surface area contributed by atoms with Crippen LogP contribution in [0.15, 0.2) is 66.0 Å². The number of amides is 2. The topological polar surface area (TPSA) is 101 Å². The van der Waals surface area contributed by atoms with Gasteiger partial charge in [0.1, 0.15) is 0 Å². The van der Waals surface area contributed by atoms with Crippen LogP contribution in [0.25, 0.3) is 0 Å². The standard InChI is InChI=1S/C22H21N3O4S/c1-2-15-8-10-16(11-9-15)21(19-7-4-12-30-19)24-20(26)14-23-22(27)17-5-3-6-18(13-17)25(28)29/h3-13,21H,2,14H2,1H3,(H,23,27)(H,24,26). The highest BCUT2D eigenvalue weighted by molar-refractivity contribution is 7.10. The minimum atomic E-state index is -0.571. The Kier molecular flexibility index (Phi) is 6.92. The second-order valence-corrected chi connectivity index (χ2v) is 7.58. The first-order valence-corrected chi connectivity index (χ1v) is 10.3. The lowest BCUT2D eigenvalue weighted by Gasteiger charge is -2.19. The Morgan fingerprint density at radius 2 is 1.87 bits per heavy atom. The first-order valence-electron chi connectivity index (χ1n) is 9.42. The van der Waals surface area contributed by atoms with Gasteiger partial charge in [-0.1, -0.05) is 43.3 Å². The third-order valence-electron chi connectivity index (χ3n) is 4.58. The summed E-state index contributed by atoms with van der Waals surface area (Å²) in [7, 11) is 0. The van der Waals surface area contributed by atoms with Crippen LogP contribution in [-0.4, -0.2) is 23.3 Å². The van der Waals surface area contributed by atoms with Crippen molar-refractivity contribution < 1.29 is 14.5 Å². The lowest BCUT2D eigenvalue weighted by atomic mass is 10.0. The number of nitrogens with one attached hydrogen (secondary N) is 2. The molecule has 0 radical (unpaired) electrons. The number of hydrogen-bond acceptors (Lipinski definition) is 5. The molecule has 0 saturated carbocycles. The summed E-state index contributed by atoms with van der Waals surface area (Å²) in [5, 5.41) is 18.3. The van der Waals surface area contributed by atoms with E-state index in [0.29, 0.717) is 0 Å². The van der Waals surface area contributed by atoms with Gasteiger partial charge in [-0.3, -0.25) is 19.7 Å². The number of aryl methyl sites for hydroxylation is 1. The van der Waals surface area contributed by atoms with E-state index in [1.807, 2.05) is 41.8 Å². The summed E-state index contributed by atoms with van der Waals surface area (Å²) in [6.07, 6.45) is 0.931. The molecule has 2 aromatic carbocycles. The summed E-state index contributed by atoms with van der Waals surface area (Å²) < 4.78 is 0. The Balaban J connectivity index is 1.66. The summed E-state index contributed by atoms with van der Waals surface area (Å²) in [6, 6.07) is 17.0. The van der Waals surface area contributed by atoms with E-state index in [-0.39, 0.29) is 29.7 Å². The molecular formula is C22H21N3O4S. The van der Waals surface area contributed by atoms with Crippen LogP contribution in [-0.2, 0) is 11.2 Å². The van der Waals surface area contributed by atoms with E-state index in [1.165, 1.54) is 41.2 Å². The molecule has 0 fully saturated rings. The maximum absolute atomic E-state index is 12.5. The van der Waals surface area contributed by atoms with E-state index in [2.05, 4.69) is 17.6 Å². The van der Waals surface area contributed by atoms with E-state index in [4.69, 9.17) is 0 Å². The maximum atomic E-state index is 12.5. The molecule has 30 heavy (non-hydrogen) atoms. The summed E-state index contributed by atoms with van der Waals surface area (Å²) in [6.45, 7) is 1.84. The monoisotopic (exact) mass is 423 g/mol. The van der Waals surface area contributed by atoms with Crippen molar-refractivity contribution in [2.45, 2.75) is 19.4 Å². The van der Waals surface area contributed by atoms with E-state index in [9.17, 15) is 19.7 Å². The molecule has 1 unspecified atom stereocenters. The number of non-ortho nitro benzene ring substituents is 1. The number of thiophene rings is 1. The molecule has 1 atom stereocenters. The van der Waals surface area contributed by atoms with E-state index in [1.54, 1.807) is 0 Å². The average molecular weight is 423 g/mol. The molecule has 0 spiro atoms. The predicted octanol–water partition coefficient (Wildman–Crippen LogP) is 3.85. The molecule has 0 aliphatic rings. The highest BCUT2D eigenvalue weighted by Crippen LogP contribution is 2.26. The number of hydrogen-bond donors (Lipinski definition) is 2. The van der Waals surface area contributed by atoms with Crippen molar-refractivity contribution in [2.24, 2.45) is 0 Å². The number of nitrogens with zero attached hydrogens (tertiary/aromatic N) is 1. The smallest absolute Gasteiger partial charge is 0.270 e. The van der Waals surface area contributed by atoms with Crippen molar-refractivity contribution in [1.82, 2.24) is 10.6 Å². The summed E-state index contributed by atoms with van der Waals surface area (Å²) in [5.74, 6) is -0.902. The molecule has 1 heterocycles. The van der Waals surface area contributed by atoms with Crippen LogP contribution in [0.1, 0.15) is 39.3 Å². The zero-order chi connectivity index (χ0) is 21.5. The van der Waals surface area contributed by atoms with Gasteiger partial charge in [-0.15, -0.1) is 11.3 Å². The Labute approximate surface area is 177 Å². The molecule has 1 aromatic heterocycles. The maximum Gasteiger partial charge on any atom is 0.270 e. The Morgan fingerprint density at radius 3 is 2.50 bits per heavy atom. The summed E-state index contributed by atoms with van der Waals surface area (Å²) in [5.41, 5.74) is 2.11. The Morgan fingerprint density at radius 1 is 1.10 bits per heavy atom. The first-order chi connectivity index (χ1) is 14.5. The van der Waals surface area contributed by atoms with Gasteiger partial charge in [-0.25, -0.2) is 0 Å². The van der Waals surface area contributed by atoms with E-state index >= 15 is 0 Å². The SMILES string of the molecule is CCc1ccc(C(NC(=O)CNC(=O)c2cccc([N+](=O)[O-])c2)c2cccs2)cc1. The molecule has 0 aliphatic carbocycles. The van der Waals surface area contributed by atoms with Crippen LogP contribution < -0.4 is 10.6 Å². The molecule has 2 amide bonds. The molecule has 2 N–H and O–H groups in total. The van der Waals surface area contributed by atoms with Crippen molar-refractivity contribution in [3.8, 4) is 0 Å². The van der Waals surface area contributed by atoms with Crippen molar-refractivity contribution in [3.05, 3.63) is 97.7 Å². The highest BCUT2D eigenvalue weighted by Gasteiger charge is 2.19. The van der Waals surface area contributed by atoms with Crippen LogP contribution in [0.5, 0.6) is 0 Å². The molecular weight excluding hydrogens is 402 g/mol. The number of nitro groups is 1. The zero-order valence-corrected chi connectivity index (χ0v) is 17.1. The first kappa shape index (κ1) is 21.2. The molecule has 0 saturated heterocycles. The van der Waals surface area contributed by atoms with Crippen LogP contribution in [0, 0.1) is 10.1 Å². The largest absolute Gasteiger partial charge is 0.343 e. The van der Waals surface area contributed by atoms with Crippen molar-refractivity contribution >= 4 is 28.8 Å². The molecule has 154 valence electrons. The van der Waals surface area contributed by atoms with Crippen molar-refractivity contribution in [3.63, 3.8) is 0 Å². The molecule has 8 heteroatoms. The Hall–Kier alpha value is -3.52. The molecule has 0 bridgehead atoms. The van der Waals surface area contributed by atoms with Gasteiger partial charge >= 0.3 is 0 Å². The van der Waals surface area contributed by atoms with Gasteiger partial charge in [-0.2, -0.15) is 0 Å². The van der Waals surface area contributed by atoms with Gasteiger partial charge < -0.3 is 10.6 Å². The lowest BCUT2D eigenvalue weighted by molar-refractivity contribution is -0.384. The second-order valence-electron chi connectivity index (χ2n) is 6.60. The zero-order valence-electron chi connectivity index (χ0n) is 16.3. The number of carbonyl (C=O) groups excluding carboxylic acids is 2.